The van der Waals surface area contributed by atoms with Gasteiger partial charge in [-0.05, 0) is 23.8 Å². The molecule has 1 amide bonds. The number of amides is 1. The van der Waals surface area contributed by atoms with Gasteiger partial charge in [-0.3, -0.25) is 10.1 Å². The number of aromatic nitrogens is 1. The quantitative estimate of drug-likeness (QED) is 0.589. The highest BCUT2D eigenvalue weighted by Crippen LogP contribution is 2.29. The second kappa shape index (κ2) is 9.17. The van der Waals surface area contributed by atoms with E-state index >= 15 is 0 Å². The summed E-state index contributed by atoms with van der Waals surface area (Å²) < 4.78 is 33.3. The molecule has 152 valence electrons. The Kier molecular flexibility index (Phi) is 6.63. The van der Waals surface area contributed by atoms with Crippen LogP contribution in [0.15, 0.2) is 65.0 Å². The highest BCUT2D eigenvalue weighted by Gasteiger charge is 2.28. The lowest BCUT2D eigenvalue weighted by atomic mass is 10.2. The molecule has 0 atom stereocenters. The molecule has 0 aliphatic heterocycles. The molecular formula is C20H21N3O4S2. The monoisotopic (exact) mass is 431 g/mol. The predicted molar refractivity (Wildman–Crippen MR) is 113 cm³/mol. The van der Waals surface area contributed by atoms with Gasteiger partial charge in [0.15, 0.2) is 5.13 Å². The summed E-state index contributed by atoms with van der Waals surface area (Å²) >= 11 is 1.28. The molecule has 0 saturated carbocycles. The highest BCUT2D eigenvalue weighted by molar-refractivity contribution is 7.89. The first-order valence-corrected chi connectivity index (χ1v) is 11.2. The molecule has 0 unspecified atom stereocenters. The maximum absolute atomic E-state index is 13.3. The van der Waals surface area contributed by atoms with E-state index < -0.39 is 15.9 Å². The number of benzene rings is 2. The number of sulfonamides is 1. The molecule has 9 heteroatoms. The van der Waals surface area contributed by atoms with E-state index in [9.17, 15) is 13.2 Å². The average Bonchev–Trinajstić information content (AvgIpc) is 3.25. The molecule has 0 aliphatic carbocycles. The van der Waals surface area contributed by atoms with Crippen molar-refractivity contribution in [3.8, 4) is 5.75 Å². The molecule has 0 spiro atoms. The van der Waals surface area contributed by atoms with Gasteiger partial charge in [0, 0.05) is 30.2 Å². The van der Waals surface area contributed by atoms with E-state index in [2.05, 4.69) is 10.3 Å². The Balaban J connectivity index is 1.94. The number of hydrogen-bond donors (Lipinski definition) is 1. The van der Waals surface area contributed by atoms with E-state index in [1.165, 1.54) is 41.0 Å². The van der Waals surface area contributed by atoms with Crippen LogP contribution >= 0.6 is 11.3 Å². The molecule has 1 aromatic heterocycles. The third-order valence-corrected chi connectivity index (χ3v) is 6.88. The fourth-order valence-corrected chi connectivity index (χ4v) is 4.91. The minimum Gasteiger partial charge on any atom is -0.495 e. The van der Waals surface area contributed by atoms with Crippen LogP contribution in [0.25, 0.3) is 0 Å². The van der Waals surface area contributed by atoms with Gasteiger partial charge in [-0.25, -0.2) is 13.4 Å². The standard InChI is InChI=1S/C20H21N3O4S2/c1-3-23(14-15-7-5-4-6-8-15)29(25,26)18-13-16(9-10-17(18)27-2)19(24)22-20-21-11-12-28-20/h4-13H,3,14H2,1-2H3,(H,21,22,24). The van der Waals surface area contributed by atoms with Crippen molar-refractivity contribution in [3.63, 3.8) is 0 Å². The summed E-state index contributed by atoms with van der Waals surface area (Å²) in [7, 11) is -2.49. The molecule has 0 saturated heterocycles. The molecule has 0 fully saturated rings. The van der Waals surface area contributed by atoms with Crippen LogP contribution in [-0.4, -0.2) is 37.3 Å². The van der Waals surface area contributed by atoms with E-state index in [4.69, 9.17) is 4.74 Å². The molecule has 0 bridgehead atoms. The van der Waals surface area contributed by atoms with Crippen molar-refractivity contribution in [2.45, 2.75) is 18.4 Å². The third kappa shape index (κ3) is 4.81. The van der Waals surface area contributed by atoms with E-state index in [1.54, 1.807) is 18.5 Å². The van der Waals surface area contributed by atoms with Gasteiger partial charge in [-0.15, -0.1) is 11.3 Å². The number of methoxy groups -OCH3 is 1. The van der Waals surface area contributed by atoms with Crippen molar-refractivity contribution in [3.05, 3.63) is 71.2 Å². The highest BCUT2D eigenvalue weighted by atomic mass is 32.2. The van der Waals surface area contributed by atoms with Gasteiger partial charge in [0.1, 0.15) is 10.6 Å². The SMILES string of the molecule is CCN(Cc1ccccc1)S(=O)(=O)c1cc(C(=O)Nc2nccs2)ccc1OC. The fraction of sp³-hybridized carbons (Fsp3) is 0.200. The van der Waals surface area contributed by atoms with Crippen LogP contribution in [-0.2, 0) is 16.6 Å². The molecule has 1 heterocycles. The summed E-state index contributed by atoms with van der Waals surface area (Å²) in [6.45, 7) is 2.26. The van der Waals surface area contributed by atoms with Crippen LogP contribution in [0, 0.1) is 0 Å². The molecule has 7 nitrogen and oxygen atoms in total. The van der Waals surface area contributed by atoms with Crippen molar-refractivity contribution in [2.24, 2.45) is 0 Å². The maximum Gasteiger partial charge on any atom is 0.257 e. The summed E-state index contributed by atoms with van der Waals surface area (Å²) in [5.74, 6) is -0.257. The first-order chi connectivity index (χ1) is 14.0. The Morgan fingerprint density at radius 3 is 2.59 bits per heavy atom. The number of hydrogen-bond acceptors (Lipinski definition) is 6. The Hall–Kier alpha value is -2.75. The van der Waals surface area contributed by atoms with E-state index in [1.807, 2.05) is 30.3 Å². The molecule has 0 aliphatic rings. The number of ether oxygens (including phenoxy) is 1. The van der Waals surface area contributed by atoms with Crippen molar-refractivity contribution < 1.29 is 17.9 Å². The minimum atomic E-state index is -3.89. The lowest BCUT2D eigenvalue weighted by molar-refractivity contribution is 0.102. The smallest absolute Gasteiger partial charge is 0.257 e. The zero-order valence-electron chi connectivity index (χ0n) is 16.0. The Morgan fingerprint density at radius 2 is 1.97 bits per heavy atom. The summed E-state index contributed by atoms with van der Waals surface area (Å²) in [4.78, 5) is 16.5. The number of rotatable bonds is 8. The molecule has 2 aromatic carbocycles. The molecule has 0 radical (unpaired) electrons. The van der Waals surface area contributed by atoms with E-state index in [0.29, 0.717) is 5.13 Å². The van der Waals surface area contributed by atoms with Gasteiger partial charge in [-0.1, -0.05) is 37.3 Å². The van der Waals surface area contributed by atoms with Crippen molar-refractivity contribution in [1.82, 2.24) is 9.29 Å². The molecule has 3 rings (SSSR count). The maximum atomic E-state index is 13.3. The van der Waals surface area contributed by atoms with Crippen LogP contribution in [0.5, 0.6) is 5.75 Å². The Labute approximate surface area is 174 Å². The number of nitrogens with zero attached hydrogens (tertiary/aromatic N) is 2. The van der Waals surface area contributed by atoms with Gasteiger partial charge in [0.2, 0.25) is 10.0 Å². The van der Waals surface area contributed by atoms with Crippen LogP contribution in [0.3, 0.4) is 0 Å². The van der Waals surface area contributed by atoms with Gasteiger partial charge in [-0.2, -0.15) is 4.31 Å². The van der Waals surface area contributed by atoms with E-state index in [0.717, 1.165) is 5.56 Å². The fourth-order valence-electron chi connectivity index (χ4n) is 2.77. The molecule has 3 aromatic rings. The largest absolute Gasteiger partial charge is 0.495 e. The number of anilines is 1. The van der Waals surface area contributed by atoms with Gasteiger partial charge < -0.3 is 4.74 Å². The van der Waals surface area contributed by atoms with Gasteiger partial charge >= 0.3 is 0 Å². The first-order valence-electron chi connectivity index (χ1n) is 8.88. The van der Waals surface area contributed by atoms with E-state index in [-0.39, 0.29) is 29.3 Å². The second-order valence-corrected chi connectivity index (χ2v) is 8.87. The lowest BCUT2D eigenvalue weighted by Crippen LogP contribution is -2.31. The normalized spacial score (nSPS) is 11.4. The summed E-state index contributed by atoms with van der Waals surface area (Å²) in [5, 5.41) is 4.83. The first kappa shape index (κ1) is 21.0. The lowest BCUT2D eigenvalue weighted by Gasteiger charge is -2.22. The van der Waals surface area contributed by atoms with Gasteiger partial charge in [0.05, 0.1) is 7.11 Å². The summed E-state index contributed by atoms with van der Waals surface area (Å²) in [6.07, 6.45) is 1.58. The van der Waals surface area contributed by atoms with Crippen LogP contribution in [0.4, 0.5) is 5.13 Å². The van der Waals surface area contributed by atoms with Crippen LogP contribution in [0.1, 0.15) is 22.8 Å². The molecular weight excluding hydrogens is 410 g/mol. The molecule has 1 N–H and O–H groups in total. The summed E-state index contributed by atoms with van der Waals surface area (Å²) in [5.41, 5.74) is 1.07. The molecule has 29 heavy (non-hydrogen) atoms. The van der Waals surface area contributed by atoms with Crippen molar-refractivity contribution >= 4 is 32.4 Å². The zero-order chi connectivity index (χ0) is 20.9. The summed E-state index contributed by atoms with van der Waals surface area (Å²) in [6, 6.07) is 13.7. The van der Waals surface area contributed by atoms with Crippen molar-refractivity contribution in [1.29, 1.82) is 0 Å². The Bertz CT molecular complexity index is 1070. The number of carbonyl (C=O) groups excluding carboxylic acids is 1. The number of thiazole rings is 1. The Morgan fingerprint density at radius 1 is 1.21 bits per heavy atom. The van der Waals surface area contributed by atoms with Crippen molar-refractivity contribution in [2.75, 3.05) is 19.0 Å². The third-order valence-electron chi connectivity index (χ3n) is 4.25. The average molecular weight is 432 g/mol. The number of carbonyl (C=O) groups is 1. The minimum absolute atomic E-state index is 0.0513. The topological polar surface area (TPSA) is 88.6 Å². The number of nitrogens with one attached hydrogen (secondary N) is 1. The zero-order valence-corrected chi connectivity index (χ0v) is 17.7. The van der Waals surface area contributed by atoms with Gasteiger partial charge in [0.25, 0.3) is 5.91 Å². The predicted octanol–water partition coefficient (Wildman–Crippen LogP) is 3.61. The van der Waals surface area contributed by atoms with Crippen LogP contribution < -0.4 is 10.1 Å². The van der Waals surface area contributed by atoms with Crippen LogP contribution in [0.2, 0.25) is 0 Å². The second-order valence-electron chi connectivity index (χ2n) is 6.07.